The molecule has 0 fully saturated rings. The summed E-state index contributed by atoms with van der Waals surface area (Å²) in [5.41, 5.74) is 10.3. The third-order valence-corrected chi connectivity index (χ3v) is 4.62. The predicted molar refractivity (Wildman–Crippen MR) is 117 cm³/mol. The summed E-state index contributed by atoms with van der Waals surface area (Å²) >= 11 is 6.13. The number of anilines is 2. The van der Waals surface area contributed by atoms with Crippen LogP contribution in [0, 0.1) is 0 Å². The largest absolute Gasteiger partial charge is 0.493 e. The lowest BCUT2D eigenvalue weighted by atomic mass is 10.1. The highest BCUT2D eigenvalue weighted by molar-refractivity contribution is 6.31. The zero-order chi connectivity index (χ0) is 20.2. The Morgan fingerprint density at radius 2 is 1.55 bits per heavy atom. The van der Waals surface area contributed by atoms with Gasteiger partial charge in [-0.15, -0.1) is 0 Å². The Kier molecular flexibility index (Phi) is 5.35. The molecule has 7 heteroatoms. The second-order valence-corrected chi connectivity index (χ2v) is 6.68. The lowest BCUT2D eigenvalue weighted by Gasteiger charge is -2.15. The van der Waals surface area contributed by atoms with Crippen molar-refractivity contribution in [3.63, 3.8) is 0 Å². The summed E-state index contributed by atoms with van der Waals surface area (Å²) < 4.78 is 10.6. The van der Waals surface area contributed by atoms with Crippen molar-refractivity contribution in [3.05, 3.63) is 71.8 Å². The quantitative estimate of drug-likeness (QED) is 0.417. The fourth-order valence-corrected chi connectivity index (χ4v) is 3.12. The molecule has 3 aromatic carbocycles. The van der Waals surface area contributed by atoms with E-state index >= 15 is 0 Å². The lowest BCUT2D eigenvalue weighted by molar-refractivity contribution is 0.355. The van der Waals surface area contributed by atoms with Crippen molar-refractivity contribution in [1.82, 2.24) is 9.97 Å². The molecule has 0 aliphatic rings. The van der Waals surface area contributed by atoms with Crippen LogP contribution in [0.4, 0.5) is 11.5 Å². The third-order valence-electron chi connectivity index (χ3n) is 4.38. The average Bonchev–Trinajstić information content (AvgIpc) is 2.77. The maximum absolute atomic E-state index is 6.13. The van der Waals surface area contributed by atoms with Crippen molar-refractivity contribution in [2.45, 2.75) is 0 Å². The fraction of sp³-hybridized carbons (Fsp3) is 0.0909. The average molecular weight is 407 g/mol. The highest BCUT2D eigenvalue weighted by Crippen LogP contribution is 2.31. The van der Waals surface area contributed by atoms with Crippen LogP contribution in [0.15, 0.2) is 66.7 Å². The number of ether oxygens (including phenoxy) is 2. The number of methoxy groups -OCH3 is 2. The number of benzene rings is 3. The van der Waals surface area contributed by atoms with E-state index in [0.717, 1.165) is 22.5 Å². The zero-order valence-electron chi connectivity index (χ0n) is 15.9. The summed E-state index contributed by atoms with van der Waals surface area (Å²) in [7, 11) is 3.20. The van der Waals surface area contributed by atoms with Gasteiger partial charge in [0.25, 0.3) is 0 Å². The molecular weight excluding hydrogens is 388 g/mol. The maximum atomic E-state index is 6.13. The van der Waals surface area contributed by atoms with E-state index in [1.807, 2.05) is 60.7 Å². The van der Waals surface area contributed by atoms with Crippen molar-refractivity contribution >= 4 is 34.1 Å². The van der Waals surface area contributed by atoms with Gasteiger partial charge >= 0.3 is 0 Å². The van der Waals surface area contributed by atoms with Crippen LogP contribution >= 0.6 is 11.6 Å². The number of rotatable bonds is 6. The van der Waals surface area contributed by atoms with Gasteiger partial charge in [-0.3, -0.25) is 10.9 Å². The summed E-state index contributed by atoms with van der Waals surface area (Å²) in [5.74, 6) is 1.86. The Hall–Kier alpha value is -3.51. The molecule has 0 spiro atoms. The molecule has 0 amide bonds. The number of nitrogens with zero attached hydrogens (tertiary/aromatic N) is 2. The minimum absolute atomic E-state index is 0.584. The van der Waals surface area contributed by atoms with Crippen molar-refractivity contribution in [2.75, 3.05) is 25.1 Å². The van der Waals surface area contributed by atoms with E-state index in [9.17, 15) is 0 Å². The number of nitrogens with one attached hydrogen (secondary N) is 2. The van der Waals surface area contributed by atoms with Crippen LogP contribution in [0.3, 0.4) is 0 Å². The smallest absolute Gasteiger partial charge is 0.171 e. The van der Waals surface area contributed by atoms with Gasteiger partial charge in [0.15, 0.2) is 17.3 Å². The van der Waals surface area contributed by atoms with Gasteiger partial charge in [-0.05, 0) is 30.3 Å². The van der Waals surface area contributed by atoms with Crippen LogP contribution in [0.2, 0.25) is 5.02 Å². The fourth-order valence-electron chi connectivity index (χ4n) is 2.96. The molecule has 6 nitrogen and oxygen atoms in total. The molecule has 0 aliphatic carbocycles. The van der Waals surface area contributed by atoms with Crippen molar-refractivity contribution in [2.24, 2.45) is 0 Å². The molecule has 0 unspecified atom stereocenters. The van der Waals surface area contributed by atoms with Crippen LogP contribution < -0.4 is 20.3 Å². The van der Waals surface area contributed by atoms with Gasteiger partial charge in [0.1, 0.15) is 5.69 Å². The molecule has 4 rings (SSSR count). The van der Waals surface area contributed by atoms with Gasteiger partial charge in [0.2, 0.25) is 0 Å². The first-order chi connectivity index (χ1) is 14.2. The van der Waals surface area contributed by atoms with Gasteiger partial charge in [-0.2, -0.15) is 0 Å². The van der Waals surface area contributed by atoms with Crippen molar-refractivity contribution in [3.8, 4) is 22.8 Å². The predicted octanol–water partition coefficient (Wildman–Crippen LogP) is 5.41. The number of hydrazine groups is 1. The van der Waals surface area contributed by atoms with Crippen molar-refractivity contribution in [1.29, 1.82) is 0 Å². The molecular formula is C22H19ClN4O2. The molecule has 0 saturated heterocycles. The summed E-state index contributed by atoms with van der Waals surface area (Å²) in [4.78, 5) is 9.52. The monoisotopic (exact) mass is 406 g/mol. The van der Waals surface area contributed by atoms with E-state index in [1.54, 1.807) is 20.3 Å². The van der Waals surface area contributed by atoms with E-state index in [-0.39, 0.29) is 0 Å². The molecule has 2 N–H and O–H groups in total. The standard InChI is InChI=1S/C22H19ClN4O2/c1-28-19-11-9-16(13-20(19)29-2)26-27-22-21(14-6-4-3-5-7-14)24-17-10-8-15(23)12-18(17)25-22/h3-13,26H,1-2H3,(H,25,27). The number of hydrogen-bond donors (Lipinski definition) is 2. The van der Waals surface area contributed by atoms with E-state index < -0.39 is 0 Å². The van der Waals surface area contributed by atoms with Crippen LogP contribution in [0.5, 0.6) is 11.5 Å². The highest BCUT2D eigenvalue weighted by atomic mass is 35.5. The first kappa shape index (κ1) is 18.8. The third kappa shape index (κ3) is 4.02. The normalized spacial score (nSPS) is 10.6. The van der Waals surface area contributed by atoms with E-state index in [2.05, 4.69) is 10.9 Å². The maximum Gasteiger partial charge on any atom is 0.171 e. The number of fused-ring (bicyclic) bond motifs is 1. The molecule has 1 heterocycles. The van der Waals surface area contributed by atoms with Crippen LogP contribution in [0.25, 0.3) is 22.3 Å². The van der Waals surface area contributed by atoms with Crippen LogP contribution in [0.1, 0.15) is 0 Å². The summed E-state index contributed by atoms with van der Waals surface area (Å²) in [6, 6.07) is 20.9. The molecule has 1 aromatic heterocycles. The van der Waals surface area contributed by atoms with Crippen LogP contribution in [-0.4, -0.2) is 24.2 Å². The molecule has 0 aliphatic heterocycles. The SMILES string of the molecule is COc1ccc(NNc2nc3cc(Cl)ccc3nc2-c2ccccc2)cc1OC. The zero-order valence-corrected chi connectivity index (χ0v) is 16.7. The van der Waals surface area contributed by atoms with Gasteiger partial charge < -0.3 is 9.47 Å². The number of halogens is 1. The van der Waals surface area contributed by atoms with E-state index in [4.69, 9.17) is 31.0 Å². The lowest BCUT2D eigenvalue weighted by Crippen LogP contribution is -2.12. The van der Waals surface area contributed by atoms with Gasteiger partial charge in [-0.25, -0.2) is 9.97 Å². The van der Waals surface area contributed by atoms with Gasteiger partial charge in [0.05, 0.1) is 30.9 Å². The molecule has 0 bridgehead atoms. The topological polar surface area (TPSA) is 68.3 Å². The van der Waals surface area contributed by atoms with Crippen molar-refractivity contribution < 1.29 is 9.47 Å². The Labute approximate surface area is 173 Å². The minimum atomic E-state index is 0.584. The number of hydrogen-bond acceptors (Lipinski definition) is 6. The Morgan fingerprint density at radius 1 is 0.759 bits per heavy atom. The molecule has 4 aromatic rings. The first-order valence-electron chi connectivity index (χ1n) is 8.94. The summed E-state index contributed by atoms with van der Waals surface area (Å²) in [6.07, 6.45) is 0. The molecule has 0 atom stereocenters. The second kappa shape index (κ2) is 8.24. The number of aromatic nitrogens is 2. The molecule has 0 radical (unpaired) electrons. The Morgan fingerprint density at radius 3 is 2.31 bits per heavy atom. The highest BCUT2D eigenvalue weighted by Gasteiger charge is 2.12. The van der Waals surface area contributed by atoms with Gasteiger partial charge in [0, 0.05) is 16.7 Å². The van der Waals surface area contributed by atoms with E-state index in [1.165, 1.54) is 0 Å². The van der Waals surface area contributed by atoms with Gasteiger partial charge in [-0.1, -0.05) is 41.9 Å². The minimum Gasteiger partial charge on any atom is -0.493 e. The summed E-state index contributed by atoms with van der Waals surface area (Å²) in [5, 5.41) is 0.609. The second-order valence-electron chi connectivity index (χ2n) is 6.24. The van der Waals surface area contributed by atoms with E-state index in [0.29, 0.717) is 27.9 Å². The molecule has 29 heavy (non-hydrogen) atoms. The first-order valence-corrected chi connectivity index (χ1v) is 9.32. The molecule has 146 valence electrons. The summed E-state index contributed by atoms with van der Waals surface area (Å²) in [6.45, 7) is 0. The Bertz CT molecular complexity index is 1150. The Balaban J connectivity index is 1.72. The molecule has 0 saturated carbocycles. The van der Waals surface area contributed by atoms with Crippen LogP contribution in [-0.2, 0) is 0 Å².